The van der Waals surface area contributed by atoms with Gasteiger partial charge < -0.3 is 10.6 Å². The number of benzene rings is 1. The first kappa shape index (κ1) is 16.1. The average Bonchev–Trinajstić information content (AvgIpc) is 3.07. The van der Waals surface area contributed by atoms with E-state index in [0.717, 1.165) is 6.42 Å². The second-order valence-corrected chi connectivity index (χ2v) is 5.89. The molecule has 0 aliphatic carbocycles. The van der Waals surface area contributed by atoms with Crippen molar-refractivity contribution in [2.45, 2.75) is 38.3 Å². The Morgan fingerprint density at radius 3 is 2.88 bits per heavy atom. The van der Waals surface area contributed by atoms with Gasteiger partial charge in [0.05, 0.1) is 5.39 Å². The fourth-order valence-electron chi connectivity index (χ4n) is 3.05. The first-order valence-electron chi connectivity index (χ1n) is 7.99. The molecule has 0 radical (unpaired) electrons. The molecule has 2 amide bonds. The van der Waals surface area contributed by atoms with Gasteiger partial charge in [-0.3, -0.25) is 14.4 Å². The number of hydrogen-bond donors (Lipinski definition) is 1. The fourth-order valence-corrected chi connectivity index (χ4v) is 3.05. The van der Waals surface area contributed by atoms with Crippen LogP contribution in [0, 0.1) is 0 Å². The van der Waals surface area contributed by atoms with Gasteiger partial charge in [0.2, 0.25) is 11.8 Å². The van der Waals surface area contributed by atoms with Gasteiger partial charge in [0, 0.05) is 19.5 Å². The highest BCUT2D eigenvalue weighted by molar-refractivity contribution is 5.87. The van der Waals surface area contributed by atoms with Crippen LogP contribution in [0.4, 0.5) is 0 Å². The van der Waals surface area contributed by atoms with Crippen LogP contribution in [0.5, 0.6) is 0 Å². The van der Waals surface area contributed by atoms with E-state index in [1.165, 1.54) is 9.58 Å². The summed E-state index contributed by atoms with van der Waals surface area (Å²) in [6.07, 6.45) is 2.10. The number of carbonyl (C=O) groups excluding carboxylic acids is 2. The number of aromatic nitrogens is 3. The van der Waals surface area contributed by atoms with Crippen LogP contribution in [0.1, 0.15) is 25.7 Å². The van der Waals surface area contributed by atoms with Crippen LogP contribution < -0.4 is 11.3 Å². The summed E-state index contributed by atoms with van der Waals surface area (Å²) in [6, 6.07) is 6.51. The molecular formula is C16H19N5O3. The SMILES string of the molecule is NC(=O)C1CCCN1C(=O)CCCn1nnc2ccccc2c1=O. The zero-order valence-corrected chi connectivity index (χ0v) is 13.2. The molecule has 1 aliphatic rings. The maximum absolute atomic E-state index is 12.3. The van der Waals surface area contributed by atoms with Gasteiger partial charge in [-0.15, -0.1) is 5.10 Å². The van der Waals surface area contributed by atoms with Crippen molar-refractivity contribution in [3.8, 4) is 0 Å². The Morgan fingerprint density at radius 2 is 2.08 bits per heavy atom. The molecule has 0 bridgehead atoms. The van der Waals surface area contributed by atoms with Crippen molar-refractivity contribution in [1.29, 1.82) is 0 Å². The highest BCUT2D eigenvalue weighted by atomic mass is 16.2. The molecule has 8 heteroatoms. The summed E-state index contributed by atoms with van der Waals surface area (Å²) < 4.78 is 1.27. The summed E-state index contributed by atoms with van der Waals surface area (Å²) >= 11 is 0. The minimum absolute atomic E-state index is 0.113. The number of carbonyl (C=O) groups is 2. The molecule has 1 fully saturated rings. The Hall–Kier alpha value is -2.77. The summed E-state index contributed by atoms with van der Waals surface area (Å²) in [4.78, 5) is 37.4. The lowest BCUT2D eigenvalue weighted by Crippen LogP contribution is -2.43. The third-order valence-corrected chi connectivity index (χ3v) is 4.29. The van der Waals surface area contributed by atoms with Gasteiger partial charge >= 0.3 is 0 Å². The molecule has 1 unspecified atom stereocenters. The first-order valence-corrected chi connectivity index (χ1v) is 7.99. The van der Waals surface area contributed by atoms with E-state index in [9.17, 15) is 14.4 Å². The molecule has 0 saturated carbocycles. The molecular weight excluding hydrogens is 310 g/mol. The molecule has 8 nitrogen and oxygen atoms in total. The second kappa shape index (κ2) is 6.77. The second-order valence-electron chi connectivity index (χ2n) is 5.89. The Kier molecular flexibility index (Phi) is 4.54. The number of likely N-dealkylation sites (tertiary alicyclic amines) is 1. The molecule has 2 N–H and O–H groups in total. The number of hydrogen-bond acceptors (Lipinski definition) is 5. The maximum atomic E-state index is 12.3. The van der Waals surface area contributed by atoms with Crippen LogP contribution in [0.2, 0.25) is 0 Å². The van der Waals surface area contributed by atoms with Gasteiger partial charge in [0.15, 0.2) is 0 Å². The lowest BCUT2D eigenvalue weighted by atomic mass is 10.2. The number of fused-ring (bicyclic) bond motifs is 1. The van der Waals surface area contributed by atoms with Crippen LogP contribution in [0.15, 0.2) is 29.1 Å². The number of nitrogens with zero attached hydrogens (tertiary/aromatic N) is 4. The van der Waals surface area contributed by atoms with Crippen molar-refractivity contribution >= 4 is 22.7 Å². The van der Waals surface area contributed by atoms with Crippen LogP contribution in [0.3, 0.4) is 0 Å². The highest BCUT2D eigenvalue weighted by Gasteiger charge is 2.32. The molecule has 1 atom stereocenters. The molecule has 1 saturated heterocycles. The number of amides is 2. The summed E-state index contributed by atoms with van der Waals surface area (Å²) in [5.41, 5.74) is 5.66. The summed E-state index contributed by atoms with van der Waals surface area (Å²) in [6.45, 7) is 0.861. The van der Waals surface area contributed by atoms with E-state index in [0.29, 0.717) is 36.8 Å². The molecule has 1 aromatic heterocycles. The zero-order valence-electron chi connectivity index (χ0n) is 13.2. The quantitative estimate of drug-likeness (QED) is 0.833. The van der Waals surface area contributed by atoms with Crippen molar-refractivity contribution < 1.29 is 9.59 Å². The topological polar surface area (TPSA) is 111 Å². The highest BCUT2D eigenvalue weighted by Crippen LogP contribution is 2.18. The van der Waals surface area contributed by atoms with Crippen LogP contribution in [-0.2, 0) is 16.1 Å². The van der Waals surface area contributed by atoms with E-state index in [1.807, 2.05) is 0 Å². The Morgan fingerprint density at radius 1 is 1.29 bits per heavy atom. The summed E-state index contributed by atoms with van der Waals surface area (Å²) in [5, 5.41) is 8.41. The minimum Gasteiger partial charge on any atom is -0.368 e. The van der Waals surface area contributed by atoms with Crippen molar-refractivity contribution in [2.75, 3.05) is 6.54 Å². The third kappa shape index (κ3) is 3.12. The molecule has 2 aromatic rings. The predicted molar refractivity (Wildman–Crippen MR) is 87.0 cm³/mol. The Labute approximate surface area is 138 Å². The van der Waals surface area contributed by atoms with Crippen molar-refractivity contribution in [2.24, 2.45) is 5.73 Å². The molecule has 126 valence electrons. The lowest BCUT2D eigenvalue weighted by molar-refractivity contribution is -0.137. The third-order valence-electron chi connectivity index (χ3n) is 4.29. The summed E-state index contributed by atoms with van der Waals surface area (Å²) in [5.74, 6) is -0.574. The minimum atomic E-state index is -0.499. The van der Waals surface area contributed by atoms with Gasteiger partial charge in [-0.1, -0.05) is 17.3 Å². The van der Waals surface area contributed by atoms with Crippen LogP contribution >= 0.6 is 0 Å². The van der Waals surface area contributed by atoms with Crippen molar-refractivity contribution in [3.05, 3.63) is 34.6 Å². The van der Waals surface area contributed by atoms with Crippen LogP contribution in [0.25, 0.3) is 10.9 Å². The maximum Gasteiger partial charge on any atom is 0.277 e. The van der Waals surface area contributed by atoms with E-state index in [1.54, 1.807) is 24.3 Å². The predicted octanol–water partition coefficient (Wildman–Crippen LogP) is 0.0480. The van der Waals surface area contributed by atoms with Crippen molar-refractivity contribution in [3.63, 3.8) is 0 Å². The standard InChI is InChI=1S/C16H19N5O3/c17-15(23)13-7-3-9-20(13)14(22)8-4-10-21-16(24)11-5-1-2-6-12(11)18-19-21/h1-2,5-6,13H,3-4,7-10H2,(H2,17,23). The number of rotatable bonds is 5. The first-order chi connectivity index (χ1) is 11.6. The monoisotopic (exact) mass is 329 g/mol. The molecule has 1 aromatic carbocycles. The molecule has 2 heterocycles. The summed E-state index contributed by atoms with van der Waals surface area (Å²) in [7, 11) is 0. The molecule has 1 aliphatic heterocycles. The van der Waals surface area contributed by atoms with Gasteiger partial charge in [-0.05, 0) is 31.4 Å². The van der Waals surface area contributed by atoms with E-state index in [-0.39, 0.29) is 17.9 Å². The average molecular weight is 329 g/mol. The largest absolute Gasteiger partial charge is 0.368 e. The van der Waals surface area contributed by atoms with E-state index in [2.05, 4.69) is 10.3 Å². The smallest absolute Gasteiger partial charge is 0.277 e. The van der Waals surface area contributed by atoms with E-state index < -0.39 is 11.9 Å². The zero-order chi connectivity index (χ0) is 17.1. The molecule has 0 spiro atoms. The fraction of sp³-hybridized carbons (Fsp3) is 0.438. The Bertz CT molecular complexity index is 832. The Balaban J connectivity index is 1.62. The van der Waals surface area contributed by atoms with Gasteiger partial charge in [-0.2, -0.15) is 0 Å². The van der Waals surface area contributed by atoms with Gasteiger partial charge in [0.25, 0.3) is 5.56 Å². The van der Waals surface area contributed by atoms with Gasteiger partial charge in [-0.25, -0.2) is 4.68 Å². The molecule has 24 heavy (non-hydrogen) atoms. The number of nitrogens with two attached hydrogens (primary N) is 1. The van der Waals surface area contributed by atoms with Gasteiger partial charge in [0.1, 0.15) is 11.6 Å². The lowest BCUT2D eigenvalue weighted by Gasteiger charge is -2.22. The van der Waals surface area contributed by atoms with E-state index >= 15 is 0 Å². The number of aryl methyl sites for hydroxylation is 1. The normalized spacial score (nSPS) is 17.3. The van der Waals surface area contributed by atoms with Crippen molar-refractivity contribution in [1.82, 2.24) is 19.9 Å². The van der Waals surface area contributed by atoms with Crippen LogP contribution in [-0.4, -0.2) is 44.3 Å². The van der Waals surface area contributed by atoms with E-state index in [4.69, 9.17) is 5.73 Å². The number of primary amides is 1. The molecule has 3 rings (SSSR count).